The second-order valence-electron chi connectivity index (χ2n) is 6.79. The molecule has 0 bridgehead atoms. The molecule has 2 amide bonds. The van der Waals surface area contributed by atoms with Crippen molar-refractivity contribution in [1.82, 2.24) is 14.5 Å². The lowest BCUT2D eigenvalue weighted by Crippen LogP contribution is -2.45. The van der Waals surface area contributed by atoms with Gasteiger partial charge in [-0.3, -0.25) is 9.59 Å². The molecule has 146 valence electrons. The number of nitrogens with two attached hydrogens (primary N) is 1. The van der Waals surface area contributed by atoms with Crippen molar-refractivity contribution in [2.75, 3.05) is 6.54 Å². The van der Waals surface area contributed by atoms with Gasteiger partial charge in [-0.05, 0) is 53.9 Å². The molecular formula is C21H18N4O4. The van der Waals surface area contributed by atoms with Gasteiger partial charge in [0.25, 0.3) is 5.91 Å². The quantitative estimate of drug-likeness (QED) is 0.704. The zero-order valence-electron chi connectivity index (χ0n) is 15.4. The van der Waals surface area contributed by atoms with Gasteiger partial charge >= 0.3 is 5.97 Å². The van der Waals surface area contributed by atoms with Gasteiger partial charge in [0.1, 0.15) is 6.04 Å². The fourth-order valence-corrected chi connectivity index (χ4v) is 3.63. The highest BCUT2D eigenvalue weighted by atomic mass is 16.4. The van der Waals surface area contributed by atoms with Gasteiger partial charge in [0, 0.05) is 30.2 Å². The van der Waals surface area contributed by atoms with Crippen molar-refractivity contribution in [1.29, 1.82) is 0 Å². The topological polar surface area (TPSA) is 119 Å². The van der Waals surface area contributed by atoms with E-state index in [1.54, 1.807) is 49.1 Å². The summed E-state index contributed by atoms with van der Waals surface area (Å²) in [5.41, 5.74) is 8.21. The number of imidazole rings is 1. The molecule has 0 spiro atoms. The number of carbonyl (C=O) groups excluding carboxylic acids is 2. The van der Waals surface area contributed by atoms with Gasteiger partial charge in [-0.25, -0.2) is 9.78 Å². The first-order valence-corrected chi connectivity index (χ1v) is 9.00. The van der Waals surface area contributed by atoms with Crippen molar-refractivity contribution in [3.63, 3.8) is 0 Å². The van der Waals surface area contributed by atoms with E-state index in [1.165, 1.54) is 17.0 Å². The standard InChI is InChI=1S/C21H18N4O4/c22-19(26)18-17-11-15(21(28)29)2-1-13(17)7-9-25(18)20(27)14-3-5-16(6-4-14)24-10-8-23-12-24/h1-6,8,10-12,18H,7,9H2,(H2,22,26)(H,28,29). The van der Waals surface area contributed by atoms with Crippen molar-refractivity contribution in [2.24, 2.45) is 5.73 Å². The molecule has 2 heterocycles. The Morgan fingerprint density at radius 3 is 2.41 bits per heavy atom. The lowest BCUT2D eigenvalue weighted by Gasteiger charge is -2.35. The van der Waals surface area contributed by atoms with Crippen LogP contribution in [0.2, 0.25) is 0 Å². The summed E-state index contributed by atoms with van der Waals surface area (Å²) in [7, 11) is 0. The first-order valence-electron chi connectivity index (χ1n) is 9.00. The van der Waals surface area contributed by atoms with E-state index < -0.39 is 17.9 Å². The van der Waals surface area contributed by atoms with Crippen molar-refractivity contribution >= 4 is 17.8 Å². The number of aromatic nitrogens is 2. The fraction of sp³-hybridized carbons (Fsp3) is 0.143. The van der Waals surface area contributed by atoms with E-state index in [9.17, 15) is 19.5 Å². The SMILES string of the molecule is NC(=O)C1c2cc(C(=O)O)ccc2CCN1C(=O)c1ccc(-n2ccnc2)cc1. The fourth-order valence-electron chi connectivity index (χ4n) is 3.63. The van der Waals surface area contributed by atoms with E-state index in [1.807, 2.05) is 4.57 Å². The Hall–Kier alpha value is -3.94. The molecule has 29 heavy (non-hydrogen) atoms. The summed E-state index contributed by atoms with van der Waals surface area (Å²) in [4.78, 5) is 42.1. The molecule has 1 aromatic heterocycles. The first kappa shape index (κ1) is 18.4. The predicted octanol–water partition coefficient (Wildman–Crippen LogP) is 1.80. The first-order chi connectivity index (χ1) is 14.0. The second-order valence-corrected chi connectivity index (χ2v) is 6.79. The zero-order chi connectivity index (χ0) is 20.5. The van der Waals surface area contributed by atoms with Crippen LogP contribution in [0.1, 0.15) is 37.9 Å². The number of benzene rings is 2. The Labute approximate surface area is 166 Å². The molecule has 0 saturated carbocycles. The number of hydrogen-bond acceptors (Lipinski definition) is 4. The van der Waals surface area contributed by atoms with Crippen LogP contribution in [0.5, 0.6) is 0 Å². The van der Waals surface area contributed by atoms with Gasteiger partial charge in [-0.2, -0.15) is 0 Å². The Morgan fingerprint density at radius 1 is 1.07 bits per heavy atom. The molecule has 0 fully saturated rings. The maximum Gasteiger partial charge on any atom is 0.335 e. The largest absolute Gasteiger partial charge is 0.478 e. The summed E-state index contributed by atoms with van der Waals surface area (Å²) in [6.07, 6.45) is 5.62. The summed E-state index contributed by atoms with van der Waals surface area (Å²) < 4.78 is 1.81. The number of fused-ring (bicyclic) bond motifs is 1. The van der Waals surface area contributed by atoms with E-state index in [-0.39, 0.29) is 11.5 Å². The molecule has 1 atom stereocenters. The van der Waals surface area contributed by atoms with Gasteiger partial charge in [0.05, 0.1) is 11.9 Å². The molecule has 3 aromatic rings. The molecule has 0 radical (unpaired) electrons. The summed E-state index contributed by atoms with van der Waals surface area (Å²) in [6.45, 7) is 0.315. The van der Waals surface area contributed by atoms with Gasteiger partial charge in [-0.15, -0.1) is 0 Å². The highest BCUT2D eigenvalue weighted by molar-refractivity contribution is 5.98. The molecule has 1 unspecified atom stereocenters. The monoisotopic (exact) mass is 390 g/mol. The Bertz CT molecular complexity index is 1090. The Kier molecular flexibility index (Phi) is 4.59. The third kappa shape index (κ3) is 3.36. The van der Waals surface area contributed by atoms with E-state index in [0.29, 0.717) is 24.1 Å². The third-order valence-electron chi connectivity index (χ3n) is 5.07. The number of carboxylic acid groups (broad SMARTS) is 1. The minimum absolute atomic E-state index is 0.0500. The number of carboxylic acids is 1. The molecule has 3 N–H and O–H groups in total. The van der Waals surface area contributed by atoms with E-state index in [0.717, 1.165) is 11.3 Å². The van der Waals surface area contributed by atoms with Crippen LogP contribution in [0, 0.1) is 0 Å². The van der Waals surface area contributed by atoms with Crippen LogP contribution in [-0.4, -0.2) is 43.9 Å². The number of nitrogens with zero attached hydrogens (tertiary/aromatic N) is 3. The van der Waals surface area contributed by atoms with Crippen molar-refractivity contribution in [2.45, 2.75) is 12.5 Å². The van der Waals surface area contributed by atoms with E-state index in [2.05, 4.69) is 4.98 Å². The van der Waals surface area contributed by atoms with E-state index >= 15 is 0 Å². The smallest absolute Gasteiger partial charge is 0.335 e. The number of primary amides is 1. The van der Waals surface area contributed by atoms with Crippen LogP contribution in [0.25, 0.3) is 5.69 Å². The highest BCUT2D eigenvalue weighted by Gasteiger charge is 2.35. The second kappa shape index (κ2) is 7.23. The zero-order valence-corrected chi connectivity index (χ0v) is 15.4. The molecule has 1 aliphatic rings. The van der Waals surface area contributed by atoms with Crippen LogP contribution >= 0.6 is 0 Å². The van der Waals surface area contributed by atoms with Crippen LogP contribution in [0.4, 0.5) is 0 Å². The summed E-state index contributed by atoms with van der Waals surface area (Å²) >= 11 is 0. The minimum Gasteiger partial charge on any atom is -0.478 e. The number of amides is 2. The van der Waals surface area contributed by atoms with Crippen LogP contribution in [0.15, 0.2) is 61.2 Å². The Morgan fingerprint density at radius 2 is 1.79 bits per heavy atom. The van der Waals surface area contributed by atoms with Crippen LogP contribution in [0.3, 0.4) is 0 Å². The average Bonchev–Trinajstić information content (AvgIpc) is 3.26. The number of rotatable bonds is 4. The minimum atomic E-state index is -1.10. The number of carbonyl (C=O) groups is 3. The van der Waals surface area contributed by atoms with Crippen molar-refractivity contribution in [3.05, 3.63) is 83.4 Å². The molecule has 4 rings (SSSR count). The van der Waals surface area contributed by atoms with Gasteiger partial charge in [0.15, 0.2) is 0 Å². The molecule has 0 aliphatic carbocycles. The van der Waals surface area contributed by atoms with Crippen molar-refractivity contribution < 1.29 is 19.5 Å². The molecule has 2 aromatic carbocycles. The van der Waals surface area contributed by atoms with Crippen molar-refractivity contribution in [3.8, 4) is 5.69 Å². The summed E-state index contributed by atoms with van der Waals surface area (Å²) in [6, 6.07) is 10.5. The Balaban J connectivity index is 1.67. The normalized spacial score (nSPS) is 15.6. The maximum atomic E-state index is 13.1. The molecular weight excluding hydrogens is 372 g/mol. The van der Waals surface area contributed by atoms with Crippen LogP contribution in [-0.2, 0) is 11.2 Å². The maximum absolute atomic E-state index is 13.1. The van der Waals surface area contributed by atoms with Gasteiger partial charge in [0.2, 0.25) is 5.91 Å². The summed E-state index contributed by atoms with van der Waals surface area (Å²) in [5.74, 6) is -2.14. The third-order valence-corrected chi connectivity index (χ3v) is 5.07. The molecule has 8 nitrogen and oxygen atoms in total. The molecule has 0 saturated heterocycles. The van der Waals surface area contributed by atoms with Gasteiger partial charge < -0.3 is 20.3 Å². The molecule has 1 aliphatic heterocycles. The highest BCUT2D eigenvalue weighted by Crippen LogP contribution is 2.32. The van der Waals surface area contributed by atoms with Crippen LogP contribution < -0.4 is 5.73 Å². The predicted molar refractivity (Wildman–Crippen MR) is 104 cm³/mol. The lowest BCUT2D eigenvalue weighted by molar-refractivity contribution is -0.123. The molecule has 8 heteroatoms. The van der Waals surface area contributed by atoms with Gasteiger partial charge in [-0.1, -0.05) is 6.07 Å². The number of hydrogen-bond donors (Lipinski definition) is 2. The van der Waals surface area contributed by atoms with E-state index in [4.69, 9.17) is 5.73 Å². The lowest BCUT2D eigenvalue weighted by atomic mass is 9.90. The summed E-state index contributed by atoms with van der Waals surface area (Å²) in [5, 5.41) is 9.27. The number of aromatic carboxylic acids is 1. The average molecular weight is 390 g/mol.